The Balaban J connectivity index is 2.06. The van der Waals surface area contributed by atoms with E-state index in [1.54, 1.807) is 6.07 Å². The SMILES string of the molecule is CN(Cc1occc1C(=O)NN)C1CC1. The van der Waals surface area contributed by atoms with Crippen molar-refractivity contribution in [2.45, 2.75) is 25.4 Å². The topological polar surface area (TPSA) is 71.5 Å². The third kappa shape index (κ3) is 2.19. The van der Waals surface area contributed by atoms with Gasteiger partial charge in [-0.1, -0.05) is 0 Å². The van der Waals surface area contributed by atoms with Crippen LogP contribution in [0.2, 0.25) is 0 Å². The standard InChI is InChI=1S/C10H15N3O2/c1-13(7-2-3-7)6-9-8(4-5-15-9)10(14)12-11/h4-5,7H,2-3,6,11H2,1H3,(H,12,14). The van der Waals surface area contributed by atoms with Gasteiger partial charge in [0, 0.05) is 6.04 Å². The quantitative estimate of drug-likeness (QED) is 0.430. The van der Waals surface area contributed by atoms with Crippen LogP contribution < -0.4 is 11.3 Å². The van der Waals surface area contributed by atoms with Crippen LogP contribution in [0.15, 0.2) is 16.7 Å². The molecule has 0 saturated heterocycles. The molecule has 0 unspecified atom stereocenters. The molecular formula is C10H15N3O2. The van der Waals surface area contributed by atoms with Crippen molar-refractivity contribution in [1.82, 2.24) is 10.3 Å². The molecule has 1 saturated carbocycles. The molecule has 0 spiro atoms. The number of hydrogen-bond acceptors (Lipinski definition) is 4. The van der Waals surface area contributed by atoms with E-state index in [1.807, 2.05) is 7.05 Å². The molecule has 1 aromatic rings. The Morgan fingerprint density at radius 3 is 3.07 bits per heavy atom. The predicted octanol–water partition coefficient (Wildman–Crippen LogP) is 0.477. The third-order valence-corrected chi connectivity index (χ3v) is 2.68. The fraction of sp³-hybridized carbons (Fsp3) is 0.500. The van der Waals surface area contributed by atoms with E-state index >= 15 is 0 Å². The molecule has 1 aliphatic rings. The monoisotopic (exact) mass is 209 g/mol. The van der Waals surface area contributed by atoms with Crippen molar-refractivity contribution in [1.29, 1.82) is 0 Å². The molecule has 0 bridgehead atoms. The summed E-state index contributed by atoms with van der Waals surface area (Å²) in [5.74, 6) is 5.45. The van der Waals surface area contributed by atoms with Gasteiger partial charge >= 0.3 is 0 Å². The number of rotatable bonds is 4. The van der Waals surface area contributed by atoms with Gasteiger partial charge in [-0.3, -0.25) is 15.1 Å². The molecule has 5 nitrogen and oxygen atoms in total. The highest BCUT2D eigenvalue weighted by atomic mass is 16.3. The maximum atomic E-state index is 11.3. The molecule has 1 aliphatic carbocycles. The maximum absolute atomic E-state index is 11.3. The van der Waals surface area contributed by atoms with Crippen molar-refractivity contribution in [2.75, 3.05) is 7.05 Å². The number of hydrogen-bond donors (Lipinski definition) is 2. The molecule has 0 atom stereocenters. The summed E-state index contributed by atoms with van der Waals surface area (Å²) in [5, 5.41) is 0. The summed E-state index contributed by atoms with van der Waals surface area (Å²) in [6, 6.07) is 2.28. The van der Waals surface area contributed by atoms with E-state index in [0.717, 1.165) is 0 Å². The zero-order valence-corrected chi connectivity index (χ0v) is 8.69. The van der Waals surface area contributed by atoms with Gasteiger partial charge in [0.25, 0.3) is 5.91 Å². The van der Waals surface area contributed by atoms with Gasteiger partial charge in [-0.05, 0) is 26.0 Å². The normalized spacial score (nSPS) is 15.7. The van der Waals surface area contributed by atoms with E-state index in [0.29, 0.717) is 23.9 Å². The minimum atomic E-state index is -0.303. The molecule has 15 heavy (non-hydrogen) atoms. The Morgan fingerprint density at radius 2 is 2.47 bits per heavy atom. The summed E-state index contributed by atoms with van der Waals surface area (Å²) >= 11 is 0. The van der Waals surface area contributed by atoms with Crippen molar-refractivity contribution in [3.63, 3.8) is 0 Å². The lowest BCUT2D eigenvalue weighted by Gasteiger charge is -2.14. The van der Waals surface area contributed by atoms with Gasteiger partial charge in [-0.2, -0.15) is 0 Å². The molecule has 1 heterocycles. The molecule has 3 N–H and O–H groups in total. The summed E-state index contributed by atoms with van der Waals surface area (Å²) in [4.78, 5) is 13.5. The van der Waals surface area contributed by atoms with Crippen LogP contribution in [0.1, 0.15) is 29.0 Å². The number of carbonyl (C=O) groups excluding carboxylic acids is 1. The highest BCUT2D eigenvalue weighted by molar-refractivity contribution is 5.94. The van der Waals surface area contributed by atoms with Gasteiger partial charge in [0.1, 0.15) is 5.76 Å². The average Bonchev–Trinajstić information content (AvgIpc) is 2.99. The largest absolute Gasteiger partial charge is 0.467 e. The molecule has 5 heteroatoms. The molecular weight excluding hydrogens is 194 g/mol. The van der Waals surface area contributed by atoms with Crippen molar-refractivity contribution < 1.29 is 9.21 Å². The lowest BCUT2D eigenvalue weighted by Crippen LogP contribution is -2.31. The second-order valence-corrected chi connectivity index (χ2v) is 3.88. The summed E-state index contributed by atoms with van der Waals surface area (Å²) in [6.45, 7) is 0.653. The summed E-state index contributed by atoms with van der Waals surface area (Å²) in [6.07, 6.45) is 3.98. The van der Waals surface area contributed by atoms with Crippen LogP contribution in [0.25, 0.3) is 0 Å². The molecule has 82 valence electrons. The van der Waals surface area contributed by atoms with Crippen LogP contribution in [0.4, 0.5) is 0 Å². The highest BCUT2D eigenvalue weighted by Crippen LogP contribution is 2.27. The lowest BCUT2D eigenvalue weighted by atomic mass is 10.2. The summed E-state index contributed by atoms with van der Waals surface area (Å²) in [5.41, 5.74) is 2.63. The maximum Gasteiger partial charge on any atom is 0.268 e. The minimum Gasteiger partial charge on any atom is -0.467 e. The van der Waals surface area contributed by atoms with Crippen LogP contribution in [0.5, 0.6) is 0 Å². The van der Waals surface area contributed by atoms with Crippen molar-refractivity contribution in [2.24, 2.45) is 5.84 Å². The van der Waals surface area contributed by atoms with Crippen molar-refractivity contribution >= 4 is 5.91 Å². The number of nitrogen functional groups attached to an aromatic ring is 1. The zero-order valence-electron chi connectivity index (χ0n) is 8.69. The van der Waals surface area contributed by atoms with E-state index in [-0.39, 0.29) is 5.91 Å². The van der Waals surface area contributed by atoms with Gasteiger partial charge in [0.15, 0.2) is 0 Å². The molecule has 0 aliphatic heterocycles. The highest BCUT2D eigenvalue weighted by Gasteiger charge is 2.27. The predicted molar refractivity (Wildman–Crippen MR) is 54.9 cm³/mol. The van der Waals surface area contributed by atoms with Crippen LogP contribution in [0, 0.1) is 0 Å². The smallest absolute Gasteiger partial charge is 0.268 e. The van der Waals surface area contributed by atoms with Crippen molar-refractivity contribution in [3.05, 3.63) is 23.7 Å². The average molecular weight is 209 g/mol. The first-order valence-electron chi connectivity index (χ1n) is 5.00. The fourth-order valence-electron chi connectivity index (χ4n) is 1.61. The van der Waals surface area contributed by atoms with E-state index in [4.69, 9.17) is 10.3 Å². The number of hydrazine groups is 1. The first kappa shape index (κ1) is 10.2. The first-order valence-corrected chi connectivity index (χ1v) is 5.00. The first-order chi connectivity index (χ1) is 7.22. The van der Waals surface area contributed by atoms with Crippen LogP contribution in [-0.2, 0) is 6.54 Å². The minimum absolute atomic E-state index is 0.303. The molecule has 0 radical (unpaired) electrons. The number of nitrogens with one attached hydrogen (secondary N) is 1. The molecule has 1 fully saturated rings. The summed E-state index contributed by atoms with van der Waals surface area (Å²) in [7, 11) is 2.03. The Morgan fingerprint density at radius 1 is 1.73 bits per heavy atom. The van der Waals surface area contributed by atoms with Gasteiger partial charge in [0.05, 0.1) is 18.4 Å². The Labute approximate surface area is 88.2 Å². The van der Waals surface area contributed by atoms with Crippen molar-refractivity contribution in [3.8, 4) is 0 Å². The van der Waals surface area contributed by atoms with Gasteiger partial charge in [0.2, 0.25) is 0 Å². The number of amides is 1. The van der Waals surface area contributed by atoms with Gasteiger partial charge < -0.3 is 4.42 Å². The molecule has 2 rings (SSSR count). The van der Waals surface area contributed by atoms with Crippen LogP contribution >= 0.6 is 0 Å². The molecule has 1 aromatic heterocycles. The van der Waals surface area contributed by atoms with E-state index in [9.17, 15) is 4.79 Å². The summed E-state index contributed by atoms with van der Waals surface area (Å²) < 4.78 is 5.28. The molecule has 0 aromatic carbocycles. The van der Waals surface area contributed by atoms with Gasteiger partial charge in [-0.15, -0.1) is 0 Å². The number of nitrogens with two attached hydrogens (primary N) is 1. The van der Waals surface area contributed by atoms with Crippen LogP contribution in [-0.4, -0.2) is 23.9 Å². The fourth-order valence-corrected chi connectivity index (χ4v) is 1.61. The Bertz CT molecular complexity index is 357. The Hall–Kier alpha value is -1.33. The third-order valence-electron chi connectivity index (χ3n) is 2.68. The lowest BCUT2D eigenvalue weighted by molar-refractivity contribution is 0.0950. The van der Waals surface area contributed by atoms with E-state index < -0.39 is 0 Å². The van der Waals surface area contributed by atoms with Crippen LogP contribution in [0.3, 0.4) is 0 Å². The van der Waals surface area contributed by atoms with E-state index in [2.05, 4.69) is 10.3 Å². The second-order valence-electron chi connectivity index (χ2n) is 3.88. The molecule has 1 amide bonds. The number of nitrogens with zero attached hydrogens (tertiary/aromatic N) is 1. The zero-order chi connectivity index (χ0) is 10.8. The number of carbonyl (C=O) groups is 1. The second kappa shape index (κ2) is 4.04. The van der Waals surface area contributed by atoms with Gasteiger partial charge in [-0.25, -0.2) is 5.84 Å². The number of furan rings is 1. The van der Waals surface area contributed by atoms with E-state index in [1.165, 1.54) is 19.1 Å². The Kier molecular flexibility index (Phi) is 2.75.